The Bertz CT molecular complexity index is 523. The first kappa shape index (κ1) is 15.6. The van der Waals surface area contributed by atoms with Crippen LogP contribution in [0.1, 0.15) is 62.1 Å². The average Bonchev–Trinajstić information content (AvgIpc) is 2.96. The van der Waals surface area contributed by atoms with Crippen LogP contribution < -0.4 is 5.32 Å². The number of hydrogen-bond acceptors (Lipinski definition) is 3. The van der Waals surface area contributed by atoms with Gasteiger partial charge in [-0.2, -0.15) is 10.4 Å². The van der Waals surface area contributed by atoms with Crippen molar-refractivity contribution in [3.63, 3.8) is 0 Å². The third kappa shape index (κ3) is 3.63. The molecule has 21 heavy (non-hydrogen) atoms. The number of carbonyl (C=O) groups excluding carboxylic acids is 1. The molecule has 1 amide bonds. The van der Waals surface area contributed by atoms with Crippen LogP contribution in [0.3, 0.4) is 0 Å². The summed E-state index contributed by atoms with van der Waals surface area (Å²) in [6.45, 7) is 4.64. The second-order valence-corrected chi connectivity index (χ2v) is 5.67. The number of nitrogens with zero attached hydrogens (tertiary/aromatic N) is 3. The third-order valence-electron chi connectivity index (χ3n) is 4.27. The van der Waals surface area contributed by atoms with Gasteiger partial charge in [0.05, 0.1) is 11.8 Å². The molecule has 1 aromatic rings. The van der Waals surface area contributed by atoms with Gasteiger partial charge in [-0.3, -0.25) is 9.48 Å². The van der Waals surface area contributed by atoms with Crippen molar-refractivity contribution in [3.8, 4) is 6.07 Å². The van der Waals surface area contributed by atoms with Gasteiger partial charge in [0.15, 0.2) is 0 Å². The van der Waals surface area contributed by atoms with Gasteiger partial charge in [0.1, 0.15) is 11.7 Å². The number of carbonyl (C=O) groups is 1. The predicted octanol–water partition coefficient (Wildman–Crippen LogP) is 2.67. The number of aryl methyl sites for hydroxylation is 2. The molecular weight excluding hydrogens is 264 g/mol. The SMILES string of the molecule is CCc1cc(C(=O)NC(C#N)C2CCCCC2)n(CC)n1. The smallest absolute Gasteiger partial charge is 0.270 e. The van der Waals surface area contributed by atoms with E-state index in [2.05, 4.69) is 16.5 Å². The molecule has 1 aliphatic carbocycles. The van der Waals surface area contributed by atoms with Gasteiger partial charge in [-0.15, -0.1) is 0 Å². The van der Waals surface area contributed by atoms with Crippen LogP contribution in [0.2, 0.25) is 0 Å². The van der Waals surface area contributed by atoms with Crippen LogP contribution in [0.15, 0.2) is 6.07 Å². The van der Waals surface area contributed by atoms with E-state index in [1.54, 1.807) is 4.68 Å². The number of hydrogen-bond donors (Lipinski definition) is 1. The summed E-state index contributed by atoms with van der Waals surface area (Å²) in [6.07, 6.45) is 6.43. The first-order valence-corrected chi connectivity index (χ1v) is 7.96. The summed E-state index contributed by atoms with van der Waals surface area (Å²) in [5, 5.41) is 16.7. The Labute approximate surface area is 126 Å². The lowest BCUT2D eigenvalue weighted by Crippen LogP contribution is -2.40. The Hall–Kier alpha value is -1.83. The first-order valence-electron chi connectivity index (χ1n) is 7.96. The zero-order chi connectivity index (χ0) is 15.2. The van der Waals surface area contributed by atoms with E-state index in [1.165, 1.54) is 6.42 Å². The number of nitriles is 1. The van der Waals surface area contributed by atoms with Crippen molar-refractivity contribution in [2.24, 2.45) is 5.92 Å². The van der Waals surface area contributed by atoms with Gasteiger partial charge in [0, 0.05) is 6.54 Å². The van der Waals surface area contributed by atoms with Crippen molar-refractivity contribution >= 4 is 5.91 Å². The number of aromatic nitrogens is 2. The molecule has 1 saturated carbocycles. The minimum Gasteiger partial charge on any atom is -0.335 e. The Balaban J connectivity index is 2.08. The van der Waals surface area contributed by atoms with E-state index >= 15 is 0 Å². The molecule has 1 aromatic heterocycles. The van der Waals surface area contributed by atoms with Gasteiger partial charge < -0.3 is 5.32 Å². The minimum absolute atomic E-state index is 0.179. The van der Waals surface area contributed by atoms with E-state index in [0.717, 1.165) is 37.8 Å². The van der Waals surface area contributed by atoms with Gasteiger partial charge >= 0.3 is 0 Å². The Morgan fingerprint density at radius 3 is 2.76 bits per heavy atom. The lowest BCUT2D eigenvalue weighted by atomic mass is 9.84. The van der Waals surface area contributed by atoms with Crippen molar-refractivity contribution in [1.82, 2.24) is 15.1 Å². The Kier molecular flexibility index (Phi) is 5.38. The summed E-state index contributed by atoms with van der Waals surface area (Å²) in [7, 11) is 0. The summed E-state index contributed by atoms with van der Waals surface area (Å²) in [5.41, 5.74) is 1.47. The normalized spacial score (nSPS) is 17.2. The van der Waals surface area contributed by atoms with Gasteiger partial charge in [-0.05, 0) is 38.2 Å². The highest BCUT2D eigenvalue weighted by atomic mass is 16.2. The molecule has 1 aliphatic rings. The average molecular weight is 288 g/mol. The van der Waals surface area contributed by atoms with Crippen LogP contribution in [-0.2, 0) is 13.0 Å². The molecule has 1 heterocycles. The zero-order valence-corrected chi connectivity index (χ0v) is 12.9. The number of nitrogens with one attached hydrogen (secondary N) is 1. The van der Waals surface area contributed by atoms with E-state index < -0.39 is 0 Å². The predicted molar refractivity (Wildman–Crippen MR) is 80.7 cm³/mol. The van der Waals surface area contributed by atoms with E-state index in [4.69, 9.17) is 0 Å². The maximum Gasteiger partial charge on any atom is 0.270 e. The monoisotopic (exact) mass is 288 g/mol. The van der Waals surface area contributed by atoms with Crippen molar-refractivity contribution in [3.05, 3.63) is 17.5 Å². The molecule has 0 aromatic carbocycles. The summed E-state index contributed by atoms with van der Waals surface area (Å²) < 4.78 is 1.71. The molecule has 114 valence electrons. The largest absolute Gasteiger partial charge is 0.335 e. The first-order chi connectivity index (χ1) is 10.2. The standard InChI is InChI=1S/C16H24N4O/c1-3-13-10-15(20(4-2)19-13)16(21)18-14(11-17)12-8-6-5-7-9-12/h10,12,14H,3-9H2,1-2H3,(H,18,21). The molecule has 2 rings (SSSR count). The molecular formula is C16H24N4O. The molecule has 1 N–H and O–H groups in total. The van der Waals surface area contributed by atoms with Crippen molar-refractivity contribution in [1.29, 1.82) is 5.26 Å². The molecule has 5 heteroatoms. The fourth-order valence-electron chi connectivity index (χ4n) is 3.00. The summed E-state index contributed by atoms with van der Waals surface area (Å²) in [6, 6.07) is 3.71. The highest BCUT2D eigenvalue weighted by Gasteiger charge is 2.26. The van der Waals surface area contributed by atoms with Crippen LogP contribution in [0, 0.1) is 17.2 Å². The second-order valence-electron chi connectivity index (χ2n) is 5.67. The van der Waals surface area contributed by atoms with Gasteiger partial charge in [-0.25, -0.2) is 0 Å². The van der Waals surface area contributed by atoms with Crippen molar-refractivity contribution in [2.75, 3.05) is 0 Å². The molecule has 0 aliphatic heterocycles. The van der Waals surface area contributed by atoms with E-state index in [-0.39, 0.29) is 17.9 Å². The van der Waals surface area contributed by atoms with Gasteiger partial charge in [0.2, 0.25) is 0 Å². The van der Waals surface area contributed by atoms with E-state index in [9.17, 15) is 10.1 Å². The summed E-state index contributed by atoms with van der Waals surface area (Å²) in [5.74, 6) is 0.109. The topological polar surface area (TPSA) is 70.7 Å². The summed E-state index contributed by atoms with van der Waals surface area (Å²) in [4.78, 5) is 12.4. The lowest BCUT2D eigenvalue weighted by molar-refractivity contribution is 0.0918. The highest BCUT2D eigenvalue weighted by Crippen LogP contribution is 2.26. The fourth-order valence-corrected chi connectivity index (χ4v) is 3.00. The van der Waals surface area contributed by atoms with Crippen molar-refractivity contribution < 1.29 is 4.79 Å². The molecule has 1 fully saturated rings. The molecule has 1 atom stereocenters. The lowest BCUT2D eigenvalue weighted by Gasteiger charge is -2.26. The maximum absolute atomic E-state index is 12.4. The molecule has 0 radical (unpaired) electrons. The van der Waals surface area contributed by atoms with Crippen molar-refractivity contribution in [2.45, 2.75) is 65.0 Å². The Morgan fingerprint density at radius 2 is 2.19 bits per heavy atom. The number of rotatable bonds is 5. The Morgan fingerprint density at radius 1 is 1.48 bits per heavy atom. The maximum atomic E-state index is 12.4. The third-order valence-corrected chi connectivity index (χ3v) is 4.27. The quantitative estimate of drug-likeness (QED) is 0.905. The zero-order valence-electron chi connectivity index (χ0n) is 12.9. The molecule has 1 unspecified atom stereocenters. The minimum atomic E-state index is -0.386. The van der Waals surface area contributed by atoms with E-state index in [1.807, 2.05) is 19.9 Å². The molecule has 0 spiro atoms. The highest BCUT2D eigenvalue weighted by molar-refractivity contribution is 5.93. The van der Waals surface area contributed by atoms with Gasteiger partial charge in [-0.1, -0.05) is 26.2 Å². The fraction of sp³-hybridized carbons (Fsp3) is 0.688. The number of amides is 1. The molecule has 0 bridgehead atoms. The van der Waals surface area contributed by atoms with Crippen LogP contribution >= 0.6 is 0 Å². The van der Waals surface area contributed by atoms with Crippen LogP contribution in [0.5, 0.6) is 0 Å². The van der Waals surface area contributed by atoms with Crippen LogP contribution in [0.4, 0.5) is 0 Å². The molecule has 0 saturated heterocycles. The van der Waals surface area contributed by atoms with Crippen LogP contribution in [0.25, 0.3) is 0 Å². The summed E-state index contributed by atoms with van der Waals surface area (Å²) >= 11 is 0. The van der Waals surface area contributed by atoms with Crippen LogP contribution in [-0.4, -0.2) is 21.7 Å². The van der Waals surface area contributed by atoms with Gasteiger partial charge in [0.25, 0.3) is 5.91 Å². The van der Waals surface area contributed by atoms with E-state index in [0.29, 0.717) is 12.2 Å². The molecule has 5 nitrogen and oxygen atoms in total. The second kappa shape index (κ2) is 7.26.